The fourth-order valence-electron chi connectivity index (χ4n) is 3.08. The zero-order chi connectivity index (χ0) is 23.8. The van der Waals surface area contributed by atoms with Gasteiger partial charge in [-0.15, -0.1) is 0 Å². The van der Waals surface area contributed by atoms with E-state index in [1.54, 1.807) is 40.7 Å². The molecule has 2 N–H and O–H groups in total. The molecule has 1 aromatic heterocycles. The minimum atomic E-state index is -1.01. The van der Waals surface area contributed by atoms with Gasteiger partial charge in [0.25, 0.3) is 0 Å². The lowest BCUT2D eigenvalue weighted by Gasteiger charge is -2.24. The normalized spacial score (nSPS) is 12.7. The molecule has 8 nitrogen and oxygen atoms in total. The second-order valence-corrected chi connectivity index (χ2v) is 9.11. The molecule has 0 saturated heterocycles. The van der Waals surface area contributed by atoms with Crippen molar-refractivity contribution in [2.45, 2.75) is 46.3 Å². The van der Waals surface area contributed by atoms with Crippen molar-refractivity contribution >= 4 is 45.6 Å². The molecule has 0 radical (unpaired) electrons. The van der Waals surface area contributed by atoms with Gasteiger partial charge in [0.1, 0.15) is 39.7 Å². The number of ether oxygens (including phenoxy) is 2. The number of hydrogen-bond acceptors (Lipinski definition) is 7. The molecule has 0 aliphatic carbocycles. The minimum absolute atomic E-state index is 0.0220. The molecule has 0 fully saturated rings. The van der Waals surface area contributed by atoms with Gasteiger partial charge < -0.3 is 24.3 Å². The quantitative estimate of drug-likeness (QED) is 0.327. The maximum absolute atomic E-state index is 12.8. The van der Waals surface area contributed by atoms with E-state index < -0.39 is 34.9 Å². The average molecular weight is 462 g/mol. The number of aromatic hydroxyl groups is 1. The van der Waals surface area contributed by atoms with Crippen LogP contribution in [0.2, 0.25) is 5.02 Å². The first-order valence-electron chi connectivity index (χ1n) is 9.96. The highest BCUT2D eigenvalue weighted by Gasteiger charge is 2.29. The SMILES string of the molecule is CC(C)C(NC(=O)OC(C)(C)C)C(=O)Oc1cc(O)c2c(=O)c3ccc(Cl)cc3oc2c1. The Balaban J connectivity index is 1.93. The Kier molecular flexibility index (Phi) is 6.37. The summed E-state index contributed by atoms with van der Waals surface area (Å²) in [6.45, 7) is 8.58. The van der Waals surface area contributed by atoms with Crippen molar-refractivity contribution in [1.82, 2.24) is 5.32 Å². The molecule has 32 heavy (non-hydrogen) atoms. The predicted octanol–water partition coefficient (Wildman–Crippen LogP) is 4.76. The number of nitrogens with one attached hydrogen (secondary N) is 1. The molecule has 0 spiro atoms. The van der Waals surface area contributed by atoms with E-state index in [0.29, 0.717) is 5.02 Å². The number of benzene rings is 2. The second-order valence-electron chi connectivity index (χ2n) is 8.68. The first kappa shape index (κ1) is 23.4. The van der Waals surface area contributed by atoms with Crippen molar-refractivity contribution in [1.29, 1.82) is 0 Å². The van der Waals surface area contributed by atoms with Crippen LogP contribution in [0.25, 0.3) is 21.9 Å². The Hall–Kier alpha value is -3.26. The summed E-state index contributed by atoms with van der Waals surface area (Å²) in [5, 5.41) is 13.5. The van der Waals surface area contributed by atoms with Gasteiger partial charge in [0.05, 0.1) is 5.39 Å². The lowest BCUT2D eigenvalue weighted by molar-refractivity contribution is -0.137. The molecule has 1 amide bonds. The van der Waals surface area contributed by atoms with Crippen LogP contribution in [0.15, 0.2) is 39.5 Å². The molecule has 1 unspecified atom stereocenters. The molecular weight excluding hydrogens is 438 g/mol. The lowest BCUT2D eigenvalue weighted by Crippen LogP contribution is -2.48. The highest BCUT2D eigenvalue weighted by atomic mass is 35.5. The van der Waals surface area contributed by atoms with Crippen molar-refractivity contribution in [3.8, 4) is 11.5 Å². The molecule has 0 aliphatic rings. The fourth-order valence-corrected chi connectivity index (χ4v) is 3.24. The predicted molar refractivity (Wildman–Crippen MR) is 120 cm³/mol. The number of carbonyl (C=O) groups is 2. The average Bonchev–Trinajstić information content (AvgIpc) is 2.63. The van der Waals surface area contributed by atoms with Gasteiger partial charge in [0.2, 0.25) is 5.43 Å². The Morgan fingerprint density at radius 3 is 2.44 bits per heavy atom. The van der Waals surface area contributed by atoms with Gasteiger partial charge in [-0.1, -0.05) is 25.4 Å². The van der Waals surface area contributed by atoms with Crippen molar-refractivity contribution < 1.29 is 28.6 Å². The van der Waals surface area contributed by atoms with Gasteiger partial charge >= 0.3 is 12.1 Å². The summed E-state index contributed by atoms with van der Waals surface area (Å²) in [5.41, 5.74) is -0.929. The van der Waals surface area contributed by atoms with E-state index in [1.807, 2.05) is 0 Å². The molecule has 3 aromatic rings. The number of amides is 1. The third-order valence-electron chi connectivity index (χ3n) is 4.50. The van der Waals surface area contributed by atoms with Crippen LogP contribution in [0.3, 0.4) is 0 Å². The molecule has 0 aliphatic heterocycles. The zero-order valence-electron chi connectivity index (χ0n) is 18.3. The smallest absolute Gasteiger partial charge is 0.408 e. The van der Waals surface area contributed by atoms with E-state index in [-0.39, 0.29) is 33.6 Å². The molecular formula is C23H24ClNO7. The third-order valence-corrected chi connectivity index (χ3v) is 4.74. The van der Waals surface area contributed by atoms with Crippen LogP contribution in [0, 0.1) is 5.92 Å². The number of rotatable bonds is 4. The summed E-state index contributed by atoms with van der Waals surface area (Å²) in [6, 6.07) is 5.98. The Morgan fingerprint density at radius 2 is 1.81 bits per heavy atom. The highest BCUT2D eigenvalue weighted by molar-refractivity contribution is 6.31. The van der Waals surface area contributed by atoms with Crippen molar-refractivity contribution in [2.75, 3.05) is 0 Å². The van der Waals surface area contributed by atoms with Gasteiger partial charge in [-0.2, -0.15) is 0 Å². The molecule has 9 heteroatoms. The molecule has 0 bridgehead atoms. The Labute approximate surface area is 189 Å². The number of fused-ring (bicyclic) bond motifs is 2. The van der Waals surface area contributed by atoms with Gasteiger partial charge in [0.15, 0.2) is 0 Å². The third kappa shape index (κ3) is 5.13. The molecule has 1 atom stereocenters. The van der Waals surface area contributed by atoms with Gasteiger partial charge in [-0.25, -0.2) is 9.59 Å². The minimum Gasteiger partial charge on any atom is -0.507 e. The molecule has 170 valence electrons. The number of carbonyl (C=O) groups excluding carboxylic acids is 2. The second kappa shape index (κ2) is 8.70. The van der Waals surface area contributed by atoms with Crippen LogP contribution in [0.5, 0.6) is 11.5 Å². The van der Waals surface area contributed by atoms with Crippen LogP contribution < -0.4 is 15.5 Å². The topological polar surface area (TPSA) is 115 Å². The van der Waals surface area contributed by atoms with Gasteiger partial charge in [-0.3, -0.25) is 4.79 Å². The summed E-state index contributed by atoms with van der Waals surface area (Å²) in [4.78, 5) is 37.6. The zero-order valence-corrected chi connectivity index (χ0v) is 19.1. The summed E-state index contributed by atoms with van der Waals surface area (Å²) < 4.78 is 16.3. The van der Waals surface area contributed by atoms with Crippen molar-refractivity contribution in [2.24, 2.45) is 5.92 Å². The first-order valence-corrected chi connectivity index (χ1v) is 10.3. The number of alkyl carbamates (subject to hydrolysis) is 1. The summed E-state index contributed by atoms with van der Waals surface area (Å²) >= 11 is 5.97. The monoisotopic (exact) mass is 461 g/mol. The largest absolute Gasteiger partial charge is 0.507 e. The molecule has 3 rings (SSSR count). The molecule has 0 saturated carbocycles. The van der Waals surface area contributed by atoms with Gasteiger partial charge in [-0.05, 0) is 38.8 Å². The Morgan fingerprint density at radius 1 is 1.12 bits per heavy atom. The summed E-state index contributed by atoms with van der Waals surface area (Å²) in [6.07, 6.45) is -0.760. The number of esters is 1. The van der Waals surface area contributed by atoms with Crippen LogP contribution >= 0.6 is 11.6 Å². The van der Waals surface area contributed by atoms with E-state index in [0.717, 1.165) is 6.07 Å². The van der Waals surface area contributed by atoms with Crippen LogP contribution in [-0.2, 0) is 9.53 Å². The van der Waals surface area contributed by atoms with Crippen LogP contribution in [-0.4, -0.2) is 28.8 Å². The first-order chi connectivity index (χ1) is 14.9. The van der Waals surface area contributed by atoms with E-state index in [1.165, 1.54) is 18.2 Å². The van der Waals surface area contributed by atoms with Crippen molar-refractivity contribution in [3.05, 3.63) is 45.6 Å². The summed E-state index contributed by atoms with van der Waals surface area (Å²) in [5.74, 6) is -1.54. The standard InChI is InChI=1S/C23H24ClNO7/c1-11(2)19(25-22(29)32-23(3,4)5)21(28)30-13-9-15(26)18-17(10-13)31-16-8-12(24)6-7-14(16)20(18)27/h6-11,19,26H,1-5H3,(H,25,29). The van der Waals surface area contributed by atoms with Crippen LogP contribution in [0.4, 0.5) is 4.79 Å². The number of hydrogen-bond donors (Lipinski definition) is 2. The number of phenols is 1. The van der Waals surface area contributed by atoms with E-state index in [4.69, 9.17) is 25.5 Å². The molecule has 2 aromatic carbocycles. The van der Waals surface area contributed by atoms with E-state index in [9.17, 15) is 19.5 Å². The van der Waals surface area contributed by atoms with Gasteiger partial charge in [0, 0.05) is 23.2 Å². The molecule has 1 heterocycles. The fraction of sp³-hybridized carbons (Fsp3) is 0.348. The maximum atomic E-state index is 12.8. The summed E-state index contributed by atoms with van der Waals surface area (Å²) in [7, 11) is 0. The number of phenolic OH excluding ortho intramolecular Hbond substituents is 1. The maximum Gasteiger partial charge on any atom is 0.408 e. The highest BCUT2D eigenvalue weighted by Crippen LogP contribution is 2.31. The Bertz CT molecular complexity index is 1260. The lowest BCUT2D eigenvalue weighted by atomic mass is 10.1. The number of halogens is 1. The van der Waals surface area contributed by atoms with E-state index >= 15 is 0 Å². The van der Waals surface area contributed by atoms with Crippen LogP contribution in [0.1, 0.15) is 34.6 Å². The van der Waals surface area contributed by atoms with E-state index in [2.05, 4.69) is 5.32 Å². The van der Waals surface area contributed by atoms with Crippen molar-refractivity contribution in [3.63, 3.8) is 0 Å².